The van der Waals surface area contributed by atoms with Crippen LogP contribution in [-0.4, -0.2) is 37.9 Å². The van der Waals surface area contributed by atoms with Gasteiger partial charge in [0.1, 0.15) is 6.61 Å². The monoisotopic (exact) mass is 973 g/mol. The highest BCUT2D eigenvalue weighted by Gasteiger charge is 2.17. The van der Waals surface area contributed by atoms with Gasteiger partial charge in [-0.1, -0.05) is 259 Å². The molecule has 0 aromatic heterocycles. The van der Waals surface area contributed by atoms with Gasteiger partial charge in [-0.2, -0.15) is 0 Å². The van der Waals surface area contributed by atoms with Crippen LogP contribution in [0.1, 0.15) is 278 Å². The van der Waals surface area contributed by atoms with Crippen molar-refractivity contribution in [1.29, 1.82) is 0 Å². The van der Waals surface area contributed by atoms with Crippen LogP contribution in [0.2, 0.25) is 0 Å². The molecule has 0 saturated heterocycles. The summed E-state index contributed by atoms with van der Waals surface area (Å²) in [7, 11) is 0. The Hall–Kier alpha value is -3.18. The van der Waals surface area contributed by atoms with Gasteiger partial charge in [-0.3, -0.25) is 9.59 Å². The summed E-state index contributed by atoms with van der Waals surface area (Å²) in [5.74, 6) is -0.543. The van der Waals surface area contributed by atoms with Gasteiger partial charge in [0, 0.05) is 13.0 Å². The third kappa shape index (κ3) is 57.4. The van der Waals surface area contributed by atoms with E-state index in [1.165, 1.54) is 173 Å². The first-order valence-electron chi connectivity index (χ1n) is 29.8. The smallest absolute Gasteiger partial charge is 0.310 e. The van der Waals surface area contributed by atoms with E-state index in [9.17, 15) is 9.59 Å². The van der Waals surface area contributed by atoms with Crippen LogP contribution in [0.25, 0.3) is 0 Å². The highest BCUT2D eigenvalue weighted by atomic mass is 16.6. The summed E-state index contributed by atoms with van der Waals surface area (Å²) in [4.78, 5) is 25.5. The van der Waals surface area contributed by atoms with Gasteiger partial charge in [0.25, 0.3) is 0 Å². The number of allylic oxidation sites excluding steroid dienone is 15. The van der Waals surface area contributed by atoms with E-state index in [1.54, 1.807) is 0 Å². The van der Waals surface area contributed by atoms with E-state index >= 15 is 0 Å². The molecular formula is C65H112O5. The summed E-state index contributed by atoms with van der Waals surface area (Å²) in [6.45, 7) is 7.59. The molecule has 5 heteroatoms. The van der Waals surface area contributed by atoms with Crippen LogP contribution in [0.4, 0.5) is 0 Å². The predicted molar refractivity (Wildman–Crippen MR) is 306 cm³/mol. The van der Waals surface area contributed by atoms with Gasteiger partial charge >= 0.3 is 11.9 Å². The number of ether oxygens (including phenoxy) is 3. The molecule has 0 fully saturated rings. The standard InChI is InChI=1S/C65H112O5/c1-4-7-10-13-16-19-22-25-28-30-32-34-36-39-42-45-48-51-54-57-60-68-61-63(70-65(67)59-56-53-50-47-44-41-37-27-24-21-18-15-12-9-6-3)62-69-64(66)58-55-52-49-46-43-40-38-35-33-31-29-26-23-20-17-14-11-8-5-2/h9,12,16,18-19,21,25-29,37,44,47,53,56,63H,4-8,10-11,13-15,17,20,22-24,30-36,38-43,45-46,48-52,54-55,57-62H2,1-3H3/b12-9-,19-16-,21-18-,28-25-,29-26-,37-27-,47-44-,56-53-. The molecule has 5 nitrogen and oxygen atoms in total. The molecule has 0 N–H and O–H groups in total. The molecule has 0 bridgehead atoms. The second-order valence-corrected chi connectivity index (χ2v) is 19.5. The van der Waals surface area contributed by atoms with Crippen LogP contribution >= 0.6 is 0 Å². The molecule has 70 heavy (non-hydrogen) atoms. The second kappa shape index (κ2) is 60.1. The van der Waals surface area contributed by atoms with E-state index in [0.29, 0.717) is 13.0 Å². The van der Waals surface area contributed by atoms with Crippen LogP contribution < -0.4 is 0 Å². The lowest BCUT2D eigenvalue weighted by Crippen LogP contribution is -2.29. The molecule has 0 amide bonds. The molecule has 0 rings (SSSR count). The Labute approximate surface area is 434 Å². The first-order valence-corrected chi connectivity index (χ1v) is 29.8. The summed E-state index contributed by atoms with van der Waals surface area (Å²) in [5.41, 5.74) is 0. The van der Waals surface area contributed by atoms with Crippen molar-refractivity contribution in [3.63, 3.8) is 0 Å². The molecule has 1 unspecified atom stereocenters. The minimum absolute atomic E-state index is 0.0404. The van der Waals surface area contributed by atoms with Crippen LogP contribution in [-0.2, 0) is 23.8 Å². The number of carbonyl (C=O) groups is 2. The molecule has 0 aliphatic rings. The SMILES string of the molecule is CC/C=C\C/C=C\C/C=C\C/C=C\C/C=C\CC(=O)OC(COCCCCCCCCCCCC/C=C\C/C=C\CCCCC)COC(=O)CCCCCCCCCCC/C=C\CCCCCCCC. The highest BCUT2D eigenvalue weighted by Crippen LogP contribution is 2.15. The van der Waals surface area contributed by atoms with Crippen LogP contribution in [0.5, 0.6) is 0 Å². The van der Waals surface area contributed by atoms with Crippen LogP contribution in [0, 0.1) is 0 Å². The molecule has 0 aromatic carbocycles. The first kappa shape index (κ1) is 66.8. The van der Waals surface area contributed by atoms with E-state index in [-0.39, 0.29) is 31.6 Å². The number of carbonyl (C=O) groups excluding carboxylic acids is 2. The molecule has 0 saturated carbocycles. The Kier molecular flexibility index (Phi) is 57.4. The van der Waals surface area contributed by atoms with Gasteiger partial charge in [-0.05, 0) is 103 Å². The number of unbranched alkanes of at least 4 members (excludes halogenated alkanes) is 28. The fourth-order valence-corrected chi connectivity index (χ4v) is 8.20. The number of rotatable bonds is 54. The van der Waals surface area contributed by atoms with E-state index in [1.807, 2.05) is 12.2 Å². The van der Waals surface area contributed by atoms with E-state index < -0.39 is 6.10 Å². The fraction of sp³-hybridized carbons (Fsp3) is 0.723. The van der Waals surface area contributed by atoms with E-state index in [2.05, 4.69) is 106 Å². The Balaban J connectivity index is 4.35. The van der Waals surface area contributed by atoms with Gasteiger partial charge in [0.15, 0.2) is 6.10 Å². The van der Waals surface area contributed by atoms with Gasteiger partial charge in [0.2, 0.25) is 0 Å². The maximum atomic E-state index is 12.8. The minimum atomic E-state index is -0.599. The van der Waals surface area contributed by atoms with E-state index in [0.717, 1.165) is 70.6 Å². The van der Waals surface area contributed by atoms with Crippen molar-refractivity contribution in [2.45, 2.75) is 284 Å². The molecule has 0 heterocycles. The predicted octanol–water partition coefficient (Wildman–Crippen LogP) is 20.6. The quantitative estimate of drug-likeness (QED) is 0.0345. The topological polar surface area (TPSA) is 61.8 Å². The fourth-order valence-electron chi connectivity index (χ4n) is 8.20. The van der Waals surface area contributed by atoms with E-state index in [4.69, 9.17) is 14.2 Å². The average Bonchev–Trinajstić information content (AvgIpc) is 3.36. The Bertz CT molecular complexity index is 1330. The Morgan fingerprint density at radius 3 is 1.14 bits per heavy atom. The molecule has 0 aliphatic heterocycles. The maximum Gasteiger partial charge on any atom is 0.310 e. The number of hydrogen-bond acceptors (Lipinski definition) is 5. The highest BCUT2D eigenvalue weighted by molar-refractivity contribution is 5.71. The van der Waals surface area contributed by atoms with Crippen molar-refractivity contribution >= 4 is 11.9 Å². The van der Waals surface area contributed by atoms with Crippen molar-refractivity contribution in [3.8, 4) is 0 Å². The minimum Gasteiger partial charge on any atom is -0.462 e. The molecule has 402 valence electrons. The van der Waals surface area contributed by atoms with Crippen molar-refractivity contribution < 1.29 is 23.8 Å². The van der Waals surface area contributed by atoms with Gasteiger partial charge in [-0.15, -0.1) is 0 Å². The van der Waals surface area contributed by atoms with Crippen LogP contribution in [0.15, 0.2) is 97.2 Å². The number of esters is 2. The Morgan fingerprint density at radius 2 is 0.686 bits per heavy atom. The molecule has 0 aliphatic carbocycles. The maximum absolute atomic E-state index is 12.8. The van der Waals surface area contributed by atoms with Gasteiger partial charge in [0.05, 0.1) is 13.0 Å². The lowest BCUT2D eigenvalue weighted by atomic mass is 10.1. The lowest BCUT2D eigenvalue weighted by Gasteiger charge is -2.18. The summed E-state index contributed by atoms with van der Waals surface area (Å²) in [6, 6.07) is 0. The first-order chi connectivity index (χ1) is 34.6. The Morgan fingerprint density at radius 1 is 0.343 bits per heavy atom. The molecule has 0 spiro atoms. The van der Waals surface area contributed by atoms with Gasteiger partial charge in [-0.25, -0.2) is 0 Å². The molecule has 0 aromatic rings. The van der Waals surface area contributed by atoms with Gasteiger partial charge < -0.3 is 14.2 Å². The van der Waals surface area contributed by atoms with Crippen molar-refractivity contribution in [3.05, 3.63) is 97.2 Å². The number of hydrogen-bond donors (Lipinski definition) is 0. The summed E-state index contributed by atoms with van der Waals surface area (Å²) in [5, 5.41) is 0. The summed E-state index contributed by atoms with van der Waals surface area (Å²) < 4.78 is 17.4. The summed E-state index contributed by atoms with van der Waals surface area (Å²) >= 11 is 0. The zero-order valence-electron chi connectivity index (χ0n) is 46.3. The largest absolute Gasteiger partial charge is 0.462 e. The van der Waals surface area contributed by atoms with Crippen molar-refractivity contribution in [2.24, 2.45) is 0 Å². The van der Waals surface area contributed by atoms with Crippen molar-refractivity contribution in [2.75, 3.05) is 19.8 Å². The lowest BCUT2D eigenvalue weighted by molar-refractivity contribution is -0.162. The molecule has 1 atom stereocenters. The molecular weight excluding hydrogens is 861 g/mol. The summed E-state index contributed by atoms with van der Waals surface area (Å²) in [6.07, 6.45) is 81.8. The third-order valence-corrected chi connectivity index (χ3v) is 12.6. The zero-order chi connectivity index (χ0) is 50.6. The third-order valence-electron chi connectivity index (χ3n) is 12.6. The zero-order valence-corrected chi connectivity index (χ0v) is 46.3. The average molecular weight is 974 g/mol. The molecule has 0 radical (unpaired) electrons. The normalized spacial score (nSPS) is 12.9. The van der Waals surface area contributed by atoms with Crippen LogP contribution in [0.3, 0.4) is 0 Å². The van der Waals surface area contributed by atoms with Crippen molar-refractivity contribution in [1.82, 2.24) is 0 Å². The second-order valence-electron chi connectivity index (χ2n) is 19.5.